The number of nitrogens with zero attached hydrogens (tertiary/aromatic N) is 2. The summed E-state index contributed by atoms with van der Waals surface area (Å²) in [6.45, 7) is 5.92. The fourth-order valence-corrected chi connectivity index (χ4v) is 2.18. The van der Waals surface area contributed by atoms with Crippen molar-refractivity contribution >= 4 is 16.5 Å². The molecule has 0 saturated carbocycles. The summed E-state index contributed by atoms with van der Waals surface area (Å²) in [4.78, 5) is 0. The van der Waals surface area contributed by atoms with E-state index in [2.05, 4.69) is 14.9 Å². The molecule has 5 nitrogen and oxygen atoms in total. The molecule has 0 aliphatic carbocycles. The SMILES string of the molecule is CCNc1snnc1COc1ccc(OCC)cc1. The van der Waals surface area contributed by atoms with Crippen LogP contribution in [-0.4, -0.2) is 22.7 Å². The first-order valence-corrected chi connectivity index (χ1v) is 7.01. The first kappa shape index (κ1) is 13.6. The Bertz CT molecular complexity index is 499. The molecule has 2 rings (SSSR count). The Morgan fingerprint density at radius 1 is 1.11 bits per heavy atom. The van der Waals surface area contributed by atoms with Crippen molar-refractivity contribution in [2.24, 2.45) is 0 Å². The van der Waals surface area contributed by atoms with E-state index in [9.17, 15) is 0 Å². The van der Waals surface area contributed by atoms with Gasteiger partial charge in [0.15, 0.2) is 0 Å². The third-order valence-electron chi connectivity index (χ3n) is 2.40. The van der Waals surface area contributed by atoms with Crippen molar-refractivity contribution in [3.05, 3.63) is 30.0 Å². The molecule has 0 aliphatic heterocycles. The van der Waals surface area contributed by atoms with Crippen LogP contribution < -0.4 is 14.8 Å². The molecule has 1 aromatic heterocycles. The van der Waals surface area contributed by atoms with E-state index >= 15 is 0 Å². The van der Waals surface area contributed by atoms with E-state index in [1.54, 1.807) is 0 Å². The van der Waals surface area contributed by atoms with Crippen LogP contribution in [0.15, 0.2) is 24.3 Å². The van der Waals surface area contributed by atoms with Crippen LogP contribution in [0, 0.1) is 0 Å². The molecule has 0 amide bonds. The third-order valence-corrected chi connectivity index (χ3v) is 3.13. The predicted molar refractivity (Wildman–Crippen MR) is 76.0 cm³/mol. The smallest absolute Gasteiger partial charge is 0.136 e. The molecular weight excluding hydrogens is 262 g/mol. The Kier molecular flexibility index (Phi) is 4.97. The molecule has 1 N–H and O–H groups in total. The molecule has 0 aliphatic rings. The van der Waals surface area contributed by atoms with Crippen LogP contribution in [0.4, 0.5) is 5.00 Å². The second-order valence-electron chi connectivity index (χ2n) is 3.77. The zero-order valence-corrected chi connectivity index (χ0v) is 11.9. The highest BCUT2D eigenvalue weighted by Gasteiger charge is 2.07. The van der Waals surface area contributed by atoms with Gasteiger partial charge in [-0.2, -0.15) is 0 Å². The predicted octanol–water partition coefficient (Wildman–Crippen LogP) is 2.95. The van der Waals surface area contributed by atoms with Crippen molar-refractivity contribution in [2.75, 3.05) is 18.5 Å². The summed E-state index contributed by atoms with van der Waals surface area (Å²) in [5.74, 6) is 1.64. The highest BCUT2D eigenvalue weighted by molar-refractivity contribution is 7.10. The van der Waals surface area contributed by atoms with Crippen LogP contribution in [0.25, 0.3) is 0 Å². The van der Waals surface area contributed by atoms with Gasteiger partial charge in [-0.05, 0) is 38.1 Å². The van der Waals surface area contributed by atoms with Gasteiger partial charge in [0.05, 0.1) is 6.61 Å². The van der Waals surface area contributed by atoms with Gasteiger partial charge in [0, 0.05) is 18.1 Å². The van der Waals surface area contributed by atoms with Gasteiger partial charge >= 0.3 is 0 Å². The Morgan fingerprint density at radius 2 is 1.79 bits per heavy atom. The molecule has 0 radical (unpaired) electrons. The number of anilines is 1. The largest absolute Gasteiger partial charge is 0.494 e. The average Bonchev–Trinajstić information content (AvgIpc) is 2.86. The molecule has 102 valence electrons. The molecule has 19 heavy (non-hydrogen) atoms. The maximum absolute atomic E-state index is 5.68. The lowest BCUT2D eigenvalue weighted by Crippen LogP contribution is -2.02. The number of rotatable bonds is 7. The first-order valence-electron chi connectivity index (χ1n) is 6.24. The highest BCUT2D eigenvalue weighted by Crippen LogP contribution is 2.21. The Balaban J connectivity index is 1.92. The number of hydrogen-bond donors (Lipinski definition) is 1. The van der Waals surface area contributed by atoms with E-state index in [4.69, 9.17) is 9.47 Å². The molecule has 2 aromatic rings. The van der Waals surface area contributed by atoms with E-state index < -0.39 is 0 Å². The van der Waals surface area contributed by atoms with Crippen molar-refractivity contribution in [1.29, 1.82) is 0 Å². The quantitative estimate of drug-likeness (QED) is 0.844. The molecule has 0 unspecified atom stereocenters. The molecule has 1 heterocycles. The minimum absolute atomic E-state index is 0.410. The van der Waals surface area contributed by atoms with Gasteiger partial charge < -0.3 is 14.8 Å². The van der Waals surface area contributed by atoms with E-state index in [1.807, 2.05) is 38.1 Å². The van der Waals surface area contributed by atoms with Gasteiger partial charge in [-0.15, -0.1) is 5.10 Å². The summed E-state index contributed by atoms with van der Waals surface area (Å²) in [6, 6.07) is 7.56. The third kappa shape index (κ3) is 3.82. The Labute approximate surface area is 116 Å². The first-order chi connectivity index (χ1) is 9.33. The minimum atomic E-state index is 0.410. The molecule has 0 atom stereocenters. The average molecular weight is 279 g/mol. The topological polar surface area (TPSA) is 56.3 Å². The van der Waals surface area contributed by atoms with Gasteiger partial charge in [-0.3, -0.25) is 0 Å². The van der Waals surface area contributed by atoms with Crippen LogP contribution in [-0.2, 0) is 6.61 Å². The van der Waals surface area contributed by atoms with Gasteiger partial charge in [0.25, 0.3) is 0 Å². The Hall–Kier alpha value is -1.82. The Morgan fingerprint density at radius 3 is 2.42 bits per heavy atom. The van der Waals surface area contributed by atoms with E-state index in [0.29, 0.717) is 13.2 Å². The number of aromatic nitrogens is 2. The van der Waals surface area contributed by atoms with Gasteiger partial charge in [-0.1, -0.05) is 4.49 Å². The fraction of sp³-hybridized carbons (Fsp3) is 0.385. The number of benzene rings is 1. The van der Waals surface area contributed by atoms with Gasteiger partial charge in [0.1, 0.15) is 28.8 Å². The second kappa shape index (κ2) is 6.94. The van der Waals surface area contributed by atoms with Gasteiger partial charge in [0.2, 0.25) is 0 Å². The summed E-state index contributed by atoms with van der Waals surface area (Å²) < 4.78 is 15.0. The monoisotopic (exact) mass is 279 g/mol. The van der Waals surface area contributed by atoms with Crippen molar-refractivity contribution < 1.29 is 9.47 Å². The van der Waals surface area contributed by atoms with Crippen LogP contribution in [0.2, 0.25) is 0 Å². The van der Waals surface area contributed by atoms with Crippen molar-refractivity contribution in [3.63, 3.8) is 0 Å². The van der Waals surface area contributed by atoms with Crippen LogP contribution in [0.3, 0.4) is 0 Å². The standard InChI is InChI=1S/C13H17N3O2S/c1-3-14-13-12(15-16-19-13)9-18-11-7-5-10(6-8-11)17-4-2/h5-8,14H,3-4,9H2,1-2H3. The zero-order valence-electron chi connectivity index (χ0n) is 11.0. The normalized spacial score (nSPS) is 10.2. The van der Waals surface area contributed by atoms with Crippen molar-refractivity contribution in [3.8, 4) is 11.5 Å². The van der Waals surface area contributed by atoms with Crippen LogP contribution >= 0.6 is 11.5 Å². The van der Waals surface area contributed by atoms with Crippen molar-refractivity contribution in [2.45, 2.75) is 20.5 Å². The lowest BCUT2D eigenvalue weighted by atomic mass is 10.3. The number of nitrogens with one attached hydrogen (secondary N) is 1. The molecular formula is C13H17N3O2S. The lowest BCUT2D eigenvalue weighted by molar-refractivity contribution is 0.300. The van der Waals surface area contributed by atoms with E-state index in [0.717, 1.165) is 28.7 Å². The summed E-state index contributed by atoms with van der Waals surface area (Å²) in [6.07, 6.45) is 0. The molecule has 1 aromatic carbocycles. The maximum Gasteiger partial charge on any atom is 0.136 e. The molecule has 0 spiro atoms. The van der Waals surface area contributed by atoms with Crippen molar-refractivity contribution in [1.82, 2.24) is 9.59 Å². The summed E-state index contributed by atoms with van der Waals surface area (Å²) in [7, 11) is 0. The van der Waals surface area contributed by atoms with E-state index in [-0.39, 0.29) is 0 Å². The summed E-state index contributed by atoms with van der Waals surface area (Å²) in [5.41, 5.74) is 0.834. The summed E-state index contributed by atoms with van der Waals surface area (Å²) in [5, 5.41) is 8.23. The summed E-state index contributed by atoms with van der Waals surface area (Å²) >= 11 is 1.35. The number of hydrogen-bond acceptors (Lipinski definition) is 6. The molecule has 0 bridgehead atoms. The van der Waals surface area contributed by atoms with E-state index in [1.165, 1.54) is 11.5 Å². The zero-order chi connectivity index (χ0) is 13.5. The lowest BCUT2D eigenvalue weighted by Gasteiger charge is -2.07. The fourth-order valence-electron chi connectivity index (χ4n) is 1.55. The van der Waals surface area contributed by atoms with Crippen LogP contribution in [0.1, 0.15) is 19.5 Å². The molecule has 6 heteroatoms. The highest BCUT2D eigenvalue weighted by atomic mass is 32.1. The second-order valence-corrected chi connectivity index (χ2v) is 4.53. The number of ether oxygens (including phenoxy) is 2. The van der Waals surface area contributed by atoms with Gasteiger partial charge in [-0.25, -0.2) is 0 Å². The molecule has 0 saturated heterocycles. The maximum atomic E-state index is 5.68. The van der Waals surface area contributed by atoms with Crippen LogP contribution in [0.5, 0.6) is 11.5 Å². The minimum Gasteiger partial charge on any atom is -0.494 e. The molecule has 0 fully saturated rings.